The molecule has 2 N–H and O–H groups in total. The lowest BCUT2D eigenvalue weighted by Gasteiger charge is -2.15. The first kappa shape index (κ1) is 22.1. The van der Waals surface area contributed by atoms with Gasteiger partial charge in [0.15, 0.2) is 0 Å². The second kappa shape index (κ2) is 8.82. The maximum atomic E-state index is 13.0. The second-order valence-electron chi connectivity index (χ2n) is 7.25. The summed E-state index contributed by atoms with van der Waals surface area (Å²) in [5, 5.41) is 5.86. The Morgan fingerprint density at radius 3 is 2.30 bits per heavy atom. The molecule has 1 aliphatic heterocycles. The molecule has 0 fully saturated rings. The van der Waals surface area contributed by atoms with E-state index in [1.165, 1.54) is 12.1 Å². The molecule has 0 radical (unpaired) electrons. The molecule has 0 aliphatic carbocycles. The number of benzene rings is 3. The second-order valence-corrected chi connectivity index (χ2v) is 7.25. The molecule has 3 aromatic rings. The van der Waals surface area contributed by atoms with Crippen molar-refractivity contribution in [3.8, 4) is 0 Å². The summed E-state index contributed by atoms with van der Waals surface area (Å²) in [6.45, 7) is 1.93. The lowest BCUT2D eigenvalue weighted by atomic mass is 9.99. The van der Waals surface area contributed by atoms with E-state index in [2.05, 4.69) is 10.6 Å². The van der Waals surface area contributed by atoms with Gasteiger partial charge in [0.2, 0.25) is 0 Å². The van der Waals surface area contributed by atoms with Gasteiger partial charge in [0.25, 0.3) is 5.91 Å². The number of carbonyl (C=O) groups is 2. The summed E-state index contributed by atoms with van der Waals surface area (Å²) < 4.78 is 43.8. The molecular formula is C25H19F3N2O3. The van der Waals surface area contributed by atoms with Crippen molar-refractivity contribution < 1.29 is 27.5 Å². The number of esters is 1. The minimum Gasteiger partial charge on any atom is -0.462 e. The number of carbonyl (C=O) groups excluding carboxylic acids is 2. The monoisotopic (exact) mass is 452 g/mol. The highest BCUT2D eigenvalue weighted by atomic mass is 19.4. The zero-order valence-corrected chi connectivity index (χ0v) is 17.5. The standard InChI is InChI=1S/C25H19F3N2O3/c1-2-33-24(32)16-8-13-19-20(14-16)30-23(31)21(19)22(15-6-4-3-5-7-15)29-18-11-9-17(10-12-18)25(26,27)28/h3-14,29H,2H2,1H3,(H,30,31)/b22-21-. The Morgan fingerprint density at radius 2 is 1.67 bits per heavy atom. The van der Waals surface area contributed by atoms with Gasteiger partial charge in [-0.3, -0.25) is 4.79 Å². The Bertz CT molecular complexity index is 1230. The number of alkyl halides is 3. The molecule has 0 aromatic heterocycles. The Labute approximate surface area is 187 Å². The Kier molecular flexibility index (Phi) is 5.91. The van der Waals surface area contributed by atoms with Gasteiger partial charge in [-0.15, -0.1) is 0 Å². The van der Waals surface area contributed by atoms with E-state index in [0.717, 1.165) is 12.1 Å². The maximum Gasteiger partial charge on any atom is 0.416 e. The van der Waals surface area contributed by atoms with Crippen molar-refractivity contribution in [3.63, 3.8) is 0 Å². The smallest absolute Gasteiger partial charge is 0.416 e. The zero-order chi connectivity index (χ0) is 23.6. The summed E-state index contributed by atoms with van der Waals surface area (Å²) in [5.41, 5.74) is 2.34. The molecule has 168 valence electrons. The van der Waals surface area contributed by atoms with Crippen molar-refractivity contribution >= 4 is 34.5 Å². The molecule has 1 heterocycles. The average molecular weight is 452 g/mol. The van der Waals surface area contributed by atoms with Gasteiger partial charge in [-0.2, -0.15) is 13.2 Å². The van der Waals surface area contributed by atoms with Crippen LogP contribution in [0.5, 0.6) is 0 Å². The Hall–Kier alpha value is -4.07. The summed E-state index contributed by atoms with van der Waals surface area (Å²) in [4.78, 5) is 25.0. The fraction of sp³-hybridized carbons (Fsp3) is 0.120. The average Bonchev–Trinajstić information content (AvgIpc) is 3.12. The van der Waals surface area contributed by atoms with Gasteiger partial charge in [0, 0.05) is 11.3 Å². The number of nitrogens with one attached hydrogen (secondary N) is 2. The van der Waals surface area contributed by atoms with Gasteiger partial charge in [-0.05, 0) is 48.9 Å². The van der Waals surface area contributed by atoms with Gasteiger partial charge in [0.05, 0.1) is 34.7 Å². The first-order valence-electron chi connectivity index (χ1n) is 10.1. The number of rotatable bonds is 5. The summed E-state index contributed by atoms with van der Waals surface area (Å²) in [7, 11) is 0. The molecule has 0 unspecified atom stereocenters. The summed E-state index contributed by atoms with van der Waals surface area (Å²) in [6.07, 6.45) is -4.44. The number of anilines is 2. The molecule has 0 saturated heterocycles. The van der Waals surface area contributed by atoms with Crippen LogP contribution in [0.4, 0.5) is 24.5 Å². The lowest BCUT2D eigenvalue weighted by molar-refractivity contribution is -0.137. The highest BCUT2D eigenvalue weighted by Gasteiger charge is 2.31. The van der Waals surface area contributed by atoms with E-state index in [4.69, 9.17) is 4.74 Å². The van der Waals surface area contributed by atoms with Crippen LogP contribution in [-0.4, -0.2) is 18.5 Å². The van der Waals surface area contributed by atoms with Gasteiger partial charge in [-0.25, -0.2) is 4.79 Å². The third-order valence-electron chi connectivity index (χ3n) is 5.07. The van der Waals surface area contributed by atoms with Crippen LogP contribution in [-0.2, 0) is 15.7 Å². The topological polar surface area (TPSA) is 67.4 Å². The molecule has 1 amide bonds. The molecule has 1 aliphatic rings. The quantitative estimate of drug-likeness (QED) is 0.379. The van der Waals surface area contributed by atoms with Crippen molar-refractivity contribution in [1.82, 2.24) is 0 Å². The van der Waals surface area contributed by atoms with Crippen LogP contribution < -0.4 is 10.6 Å². The fourth-order valence-corrected chi connectivity index (χ4v) is 3.53. The molecule has 0 saturated carbocycles. The number of fused-ring (bicyclic) bond motifs is 1. The number of hydrogen-bond donors (Lipinski definition) is 2. The number of amides is 1. The van der Waals surface area contributed by atoms with E-state index < -0.39 is 23.6 Å². The van der Waals surface area contributed by atoms with Crippen LogP contribution in [0.25, 0.3) is 11.3 Å². The molecule has 3 aromatic carbocycles. The predicted molar refractivity (Wildman–Crippen MR) is 119 cm³/mol. The molecule has 0 bridgehead atoms. The third-order valence-corrected chi connectivity index (χ3v) is 5.07. The fourth-order valence-electron chi connectivity index (χ4n) is 3.53. The van der Waals surface area contributed by atoms with Crippen molar-refractivity contribution in [2.45, 2.75) is 13.1 Å². The molecular weight excluding hydrogens is 433 g/mol. The van der Waals surface area contributed by atoms with E-state index in [-0.39, 0.29) is 6.61 Å². The van der Waals surface area contributed by atoms with Gasteiger partial charge >= 0.3 is 12.1 Å². The van der Waals surface area contributed by atoms with Crippen molar-refractivity contribution in [2.75, 3.05) is 17.2 Å². The molecule has 5 nitrogen and oxygen atoms in total. The van der Waals surface area contributed by atoms with Crippen LogP contribution in [0, 0.1) is 0 Å². The predicted octanol–water partition coefficient (Wildman–Crippen LogP) is 5.81. The minimum absolute atomic E-state index is 0.225. The zero-order valence-electron chi connectivity index (χ0n) is 17.5. The van der Waals surface area contributed by atoms with E-state index in [9.17, 15) is 22.8 Å². The number of halogens is 3. The van der Waals surface area contributed by atoms with E-state index in [1.807, 2.05) is 6.07 Å². The Balaban J connectivity index is 1.79. The normalized spacial score (nSPS) is 14.4. The summed E-state index contributed by atoms with van der Waals surface area (Å²) in [5.74, 6) is -0.901. The van der Waals surface area contributed by atoms with Crippen molar-refractivity contribution in [1.29, 1.82) is 0 Å². The lowest BCUT2D eigenvalue weighted by Crippen LogP contribution is -2.10. The summed E-state index contributed by atoms with van der Waals surface area (Å²) >= 11 is 0. The van der Waals surface area contributed by atoms with Gasteiger partial charge in [-0.1, -0.05) is 36.4 Å². The molecule has 0 atom stereocenters. The number of ether oxygens (including phenoxy) is 1. The largest absolute Gasteiger partial charge is 0.462 e. The van der Waals surface area contributed by atoms with Gasteiger partial charge < -0.3 is 15.4 Å². The molecule has 8 heteroatoms. The van der Waals surface area contributed by atoms with Crippen LogP contribution in [0.2, 0.25) is 0 Å². The van der Waals surface area contributed by atoms with Crippen molar-refractivity contribution in [2.24, 2.45) is 0 Å². The molecule has 4 rings (SSSR count). The number of hydrogen-bond acceptors (Lipinski definition) is 4. The van der Waals surface area contributed by atoms with Gasteiger partial charge in [0.1, 0.15) is 0 Å². The first-order valence-corrected chi connectivity index (χ1v) is 10.1. The van der Waals surface area contributed by atoms with E-state index >= 15 is 0 Å². The summed E-state index contributed by atoms with van der Waals surface area (Å²) in [6, 6.07) is 18.3. The first-order chi connectivity index (χ1) is 15.8. The Morgan fingerprint density at radius 1 is 0.970 bits per heavy atom. The molecule has 33 heavy (non-hydrogen) atoms. The highest BCUT2D eigenvalue weighted by Crippen LogP contribution is 2.38. The SMILES string of the molecule is CCOC(=O)c1ccc2c(c1)NC(=O)/C2=C(\Nc1ccc(C(F)(F)F)cc1)c1ccccc1. The molecule has 0 spiro atoms. The van der Waals surface area contributed by atoms with E-state index in [1.54, 1.807) is 49.4 Å². The maximum absolute atomic E-state index is 13.0. The van der Waals surface area contributed by atoms with Crippen LogP contribution >= 0.6 is 0 Å². The highest BCUT2D eigenvalue weighted by molar-refractivity contribution is 6.37. The van der Waals surface area contributed by atoms with Crippen molar-refractivity contribution in [3.05, 3.63) is 95.1 Å². The van der Waals surface area contributed by atoms with Crippen LogP contribution in [0.15, 0.2) is 72.8 Å². The van der Waals surface area contributed by atoms with Crippen LogP contribution in [0.3, 0.4) is 0 Å². The minimum atomic E-state index is -4.44. The van der Waals surface area contributed by atoms with E-state index in [0.29, 0.717) is 39.3 Å². The third kappa shape index (κ3) is 4.59. The van der Waals surface area contributed by atoms with Crippen LogP contribution in [0.1, 0.15) is 34.0 Å².